The summed E-state index contributed by atoms with van der Waals surface area (Å²) in [5, 5.41) is 16.4. The summed E-state index contributed by atoms with van der Waals surface area (Å²) in [4.78, 5) is 10.9. The van der Waals surface area contributed by atoms with Crippen molar-refractivity contribution < 1.29 is 23.1 Å². The minimum absolute atomic E-state index is 0.0951. The summed E-state index contributed by atoms with van der Waals surface area (Å²) in [7, 11) is 0. The monoisotopic (exact) mass is 285 g/mol. The number of rotatable bonds is 4. The Labute approximate surface area is 111 Å². The number of ketones is 1. The highest BCUT2D eigenvalue weighted by molar-refractivity contribution is 5.98. The van der Waals surface area contributed by atoms with Gasteiger partial charge in [0, 0.05) is 0 Å². The SMILES string of the molecule is O=C(c1cn(CC(O)c2ccccc2)nn1)C(F)(F)F. The van der Waals surface area contributed by atoms with Crippen LogP contribution in [0.5, 0.6) is 0 Å². The van der Waals surface area contributed by atoms with Gasteiger partial charge in [-0.25, -0.2) is 4.68 Å². The Bertz CT molecular complexity index is 595. The highest BCUT2D eigenvalue weighted by atomic mass is 19.4. The third-order valence-corrected chi connectivity index (χ3v) is 2.57. The number of nitrogens with zero attached hydrogens (tertiary/aromatic N) is 3. The van der Waals surface area contributed by atoms with Crippen molar-refractivity contribution in [3.63, 3.8) is 0 Å². The fourth-order valence-electron chi connectivity index (χ4n) is 1.59. The van der Waals surface area contributed by atoms with Crippen LogP contribution in [-0.2, 0) is 6.54 Å². The molecule has 2 rings (SSSR count). The van der Waals surface area contributed by atoms with Crippen molar-refractivity contribution in [2.75, 3.05) is 0 Å². The number of halogens is 3. The molecule has 0 aliphatic rings. The number of aromatic nitrogens is 3. The molecule has 0 saturated carbocycles. The molecule has 0 fully saturated rings. The number of alkyl halides is 3. The largest absolute Gasteiger partial charge is 0.456 e. The quantitative estimate of drug-likeness (QED) is 0.869. The van der Waals surface area contributed by atoms with E-state index in [2.05, 4.69) is 10.3 Å². The molecule has 106 valence electrons. The van der Waals surface area contributed by atoms with Gasteiger partial charge < -0.3 is 5.11 Å². The number of carbonyl (C=O) groups is 1. The second-order valence-corrected chi connectivity index (χ2v) is 4.08. The third-order valence-electron chi connectivity index (χ3n) is 2.57. The van der Waals surface area contributed by atoms with Crippen molar-refractivity contribution in [2.45, 2.75) is 18.8 Å². The van der Waals surface area contributed by atoms with Crippen molar-refractivity contribution in [3.05, 3.63) is 47.8 Å². The van der Waals surface area contributed by atoms with Crippen LogP contribution in [0.3, 0.4) is 0 Å². The number of Topliss-reactive ketones (excluding diaryl/α,β-unsaturated/α-hetero) is 1. The van der Waals surface area contributed by atoms with Crippen LogP contribution in [0.2, 0.25) is 0 Å². The highest BCUT2D eigenvalue weighted by Gasteiger charge is 2.41. The van der Waals surface area contributed by atoms with Crippen molar-refractivity contribution in [1.29, 1.82) is 0 Å². The van der Waals surface area contributed by atoms with Crippen molar-refractivity contribution in [3.8, 4) is 0 Å². The number of hydrogen-bond acceptors (Lipinski definition) is 4. The first-order valence-corrected chi connectivity index (χ1v) is 5.62. The second-order valence-electron chi connectivity index (χ2n) is 4.08. The van der Waals surface area contributed by atoms with Gasteiger partial charge in [0.1, 0.15) is 0 Å². The molecule has 1 heterocycles. The molecule has 1 aromatic carbocycles. The topological polar surface area (TPSA) is 68.0 Å². The van der Waals surface area contributed by atoms with Crippen LogP contribution in [0, 0.1) is 0 Å². The van der Waals surface area contributed by atoms with E-state index < -0.39 is 23.8 Å². The predicted octanol–water partition coefficient (Wildman–Crippen LogP) is 1.76. The first kappa shape index (κ1) is 14.2. The van der Waals surface area contributed by atoms with Crippen LogP contribution in [0.15, 0.2) is 36.5 Å². The van der Waals surface area contributed by atoms with Crippen LogP contribution < -0.4 is 0 Å². The average Bonchev–Trinajstić information content (AvgIpc) is 2.86. The summed E-state index contributed by atoms with van der Waals surface area (Å²) in [5.74, 6) is -2.06. The molecular weight excluding hydrogens is 275 g/mol. The van der Waals surface area contributed by atoms with Gasteiger partial charge in [0.25, 0.3) is 5.78 Å². The van der Waals surface area contributed by atoms with E-state index in [0.717, 1.165) is 10.9 Å². The maximum atomic E-state index is 12.2. The van der Waals surface area contributed by atoms with E-state index in [1.807, 2.05) is 0 Å². The molecule has 0 saturated heterocycles. The Balaban J connectivity index is 2.09. The summed E-state index contributed by atoms with van der Waals surface area (Å²) in [6.07, 6.45) is -5.08. The molecular formula is C12H10F3N3O2. The smallest absolute Gasteiger partial charge is 0.386 e. The molecule has 0 radical (unpaired) electrons. The van der Waals surface area contributed by atoms with Gasteiger partial charge in [0.2, 0.25) is 0 Å². The second kappa shape index (κ2) is 5.41. The molecule has 8 heteroatoms. The molecule has 5 nitrogen and oxygen atoms in total. The van der Waals surface area contributed by atoms with E-state index in [1.54, 1.807) is 30.3 Å². The average molecular weight is 285 g/mol. The summed E-state index contributed by atoms with van der Waals surface area (Å²) in [5.41, 5.74) is -0.204. The normalized spacial score (nSPS) is 13.2. The Morgan fingerprint density at radius 1 is 1.30 bits per heavy atom. The summed E-state index contributed by atoms with van der Waals surface area (Å²) >= 11 is 0. The molecule has 0 spiro atoms. The fraction of sp³-hybridized carbons (Fsp3) is 0.250. The van der Waals surface area contributed by atoms with Crippen LogP contribution in [0.25, 0.3) is 0 Å². The van der Waals surface area contributed by atoms with E-state index in [0.29, 0.717) is 5.56 Å². The fourth-order valence-corrected chi connectivity index (χ4v) is 1.59. The summed E-state index contributed by atoms with van der Waals surface area (Å²) in [6.45, 7) is -0.0951. The van der Waals surface area contributed by atoms with Crippen LogP contribution in [-0.4, -0.2) is 32.1 Å². The summed E-state index contributed by atoms with van der Waals surface area (Å²) in [6, 6.07) is 8.55. The zero-order chi connectivity index (χ0) is 14.8. The molecule has 1 unspecified atom stereocenters. The number of hydrogen-bond donors (Lipinski definition) is 1. The maximum Gasteiger partial charge on any atom is 0.456 e. The Morgan fingerprint density at radius 2 is 1.95 bits per heavy atom. The maximum absolute atomic E-state index is 12.2. The van der Waals surface area contributed by atoms with Gasteiger partial charge in [0.05, 0.1) is 18.8 Å². The van der Waals surface area contributed by atoms with E-state index in [-0.39, 0.29) is 6.54 Å². The lowest BCUT2D eigenvalue weighted by Gasteiger charge is -2.09. The molecule has 0 aliphatic heterocycles. The van der Waals surface area contributed by atoms with Gasteiger partial charge in [-0.05, 0) is 5.56 Å². The lowest BCUT2D eigenvalue weighted by atomic mass is 10.1. The van der Waals surface area contributed by atoms with Crippen LogP contribution in [0.1, 0.15) is 22.2 Å². The molecule has 0 amide bonds. The Morgan fingerprint density at radius 3 is 2.55 bits per heavy atom. The third kappa shape index (κ3) is 3.21. The Hall–Kier alpha value is -2.22. The molecule has 0 bridgehead atoms. The minimum atomic E-state index is -4.99. The lowest BCUT2D eigenvalue weighted by Crippen LogP contribution is -2.23. The van der Waals surface area contributed by atoms with Gasteiger partial charge in [0.15, 0.2) is 5.69 Å². The van der Waals surface area contributed by atoms with Gasteiger partial charge in [-0.3, -0.25) is 4.79 Å². The first-order valence-electron chi connectivity index (χ1n) is 5.62. The van der Waals surface area contributed by atoms with Crippen LogP contribution >= 0.6 is 0 Å². The van der Waals surface area contributed by atoms with E-state index in [4.69, 9.17) is 0 Å². The minimum Gasteiger partial charge on any atom is -0.386 e. The molecule has 1 N–H and O–H groups in total. The number of aliphatic hydroxyl groups is 1. The number of aliphatic hydroxyl groups excluding tert-OH is 1. The van der Waals surface area contributed by atoms with Gasteiger partial charge in [-0.15, -0.1) is 5.10 Å². The van der Waals surface area contributed by atoms with E-state index in [1.165, 1.54) is 0 Å². The van der Waals surface area contributed by atoms with E-state index >= 15 is 0 Å². The first-order chi connectivity index (χ1) is 9.38. The summed E-state index contributed by atoms with van der Waals surface area (Å²) < 4.78 is 37.6. The molecule has 2 aromatic rings. The van der Waals surface area contributed by atoms with Crippen LogP contribution in [0.4, 0.5) is 13.2 Å². The molecule has 1 atom stereocenters. The zero-order valence-corrected chi connectivity index (χ0v) is 10.1. The predicted molar refractivity (Wildman–Crippen MR) is 61.8 cm³/mol. The molecule has 0 aliphatic carbocycles. The molecule has 20 heavy (non-hydrogen) atoms. The standard InChI is InChI=1S/C12H10F3N3O2/c13-12(14,15)11(20)9-6-18(17-16-9)7-10(19)8-4-2-1-3-5-8/h1-6,10,19H,7H2. The molecule has 1 aromatic heterocycles. The van der Waals surface area contributed by atoms with Crippen molar-refractivity contribution in [1.82, 2.24) is 15.0 Å². The Kier molecular flexibility index (Phi) is 3.84. The van der Waals surface area contributed by atoms with Crippen molar-refractivity contribution in [2.24, 2.45) is 0 Å². The van der Waals surface area contributed by atoms with Gasteiger partial charge in [-0.1, -0.05) is 35.5 Å². The van der Waals surface area contributed by atoms with Crippen molar-refractivity contribution >= 4 is 5.78 Å². The zero-order valence-electron chi connectivity index (χ0n) is 10.1. The van der Waals surface area contributed by atoms with E-state index in [9.17, 15) is 23.1 Å². The van der Waals surface area contributed by atoms with Gasteiger partial charge in [-0.2, -0.15) is 13.2 Å². The highest BCUT2D eigenvalue weighted by Crippen LogP contribution is 2.20. The number of benzene rings is 1. The lowest BCUT2D eigenvalue weighted by molar-refractivity contribution is -0.0888. The van der Waals surface area contributed by atoms with Gasteiger partial charge >= 0.3 is 6.18 Å². The number of carbonyl (C=O) groups excluding carboxylic acids is 1.